The number of benzene rings is 1. The maximum Gasteiger partial charge on any atom is 0.0485 e. The molecule has 0 fully saturated rings. The van der Waals surface area contributed by atoms with Crippen molar-refractivity contribution in [3.8, 4) is 0 Å². The van der Waals surface area contributed by atoms with E-state index in [4.69, 9.17) is 5.84 Å². The molecule has 2 heteroatoms. The van der Waals surface area contributed by atoms with Crippen molar-refractivity contribution < 1.29 is 0 Å². The zero-order chi connectivity index (χ0) is 9.84. The van der Waals surface area contributed by atoms with Crippen LogP contribution in [0.4, 0.5) is 0 Å². The molecule has 0 radical (unpaired) electrons. The number of hydrogen-bond acceptors (Lipinski definition) is 2. The third kappa shape index (κ3) is 2.29. The lowest BCUT2D eigenvalue weighted by atomic mass is 9.93. The molecule has 1 aromatic rings. The van der Waals surface area contributed by atoms with Gasteiger partial charge in [0.15, 0.2) is 0 Å². The number of rotatable bonds is 3. The molecule has 0 aromatic heterocycles. The van der Waals surface area contributed by atoms with Gasteiger partial charge in [-0.2, -0.15) is 0 Å². The Labute approximate surface area is 80.1 Å². The maximum absolute atomic E-state index is 5.52. The molecular weight excluding hydrogens is 160 g/mol. The van der Waals surface area contributed by atoms with E-state index in [0.29, 0.717) is 5.92 Å². The highest BCUT2D eigenvalue weighted by atomic mass is 15.2. The molecule has 1 rings (SSSR count). The average Bonchev–Trinajstić information content (AvgIpc) is 2.09. The Morgan fingerprint density at radius 1 is 1.23 bits per heavy atom. The molecule has 0 heterocycles. The monoisotopic (exact) mass is 178 g/mol. The molecule has 1 atom stereocenters. The zero-order valence-corrected chi connectivity index (χ0v) is 8.54. The third-order valence-electron chi connectivity index (χ3n) is 2.37. The van der Waals surface area contributed by atoms with Gasteiger partial charge in [0.25, 0.3) is 0 Å². The maximum atomic E-state index is 5.52. The molecule has 0 bridgehead atoms. The van der Waals surface area contributed by atoms with Gasteiger partial charge in [0.05, 0.1) is 0 Å². The van der Waals surface area contributed by atoms with E-state index in [1.807, 2.05) is 6.07 Å². The van der Waals surface area contributed by atoms with E-state index in [1.165, 1.54) is 11.1 Å². The van der Waals surface area contributed by atoms with E-state index in [0.717, 1.165) is 0 Å². The van der Waals surface area contributed by atoms with Gasteiger partial charge in [0, 0.05) is 6.04 Å². The lowest BCUT2D eigenvalue weighted by Crippen LogP contribution is -2.32. The summed E-state index contributed by atoms with van der Waals surface area (Å²) in [4.78, 5) is 0. The largest absolute Gasteiger partial charge is 0.271 e. The summed E-state index contributed by atoms with van der Waals surface area (Å²) in [6, 6.07) is 8.59. The molecule has 13 heavy (non-hydrogen) atoms. The van der Waals surface area contributed by atoms with Gasteiger partial charge >= 0.3 is 0 Å². The van der Waals surface area contributed by atoms with Crippen LogP contribution in [0, 0.1) is 12.8 Å². The minimum atomic E-state index is 0.251. The van der Waals surface area contributed by atoms with Crippen LogP contribution < -0.4 is 11.3 Å². The fourth-order valence-corrected chi connectivity index (χ4v) is 1.58. The van der Waals surface area contributed by atoms with Crippen LogP contribution in [0.2, 0.25) is 0 Å². The van der Waals surface area contributed by atoms with Crippen LogP contribution in [0.1, 0.15) is 31.0 Å². The molecular formula is C11H18N2. The first kappa shape index (κ1) is 10.2. The van der Waals surface area contributed by atoms with Gasteiger partial charge < -0.3 is 0 Å². The lowest BCUT2D eigenvalue weighted by molar-refractivity contribution is 0.419. The second kappa shape index (κ2) is 4.40. The molecule has 0 aliphatic heterocycles. The van der Waals surface area contributed by atoms with Crippen LogP contribution in [0.3, 0.4) is 0 Å². The van der Waals surface area contributed by atoms with Crippen molar-refractivity contribution in [2.24, 2.45) is 11.8 Å². The number of hydrogen-bond donors (Lipinski definition) is 2. The molecule has 0 aliphatic carbocycles. The Hall–Kier alpha value is -0.860. The molecule has 0 saturated carbocycles. The third-order valence-corrected chi connectivity index (χ3v) is 2.37. The molecule has 0 spiro atoms. The first-order valence-corrected chi connectivity index (χ1v) is 4.68. The van der Waals surface area contributed by atoms with Crippen LogP contribution in [-0.4, -0.2) is 0 Å². The van der Waals surface area contributed by atoms with Gasteiger partial charge in [-0.05, 0) is 24.0 Å². The summed E-state index contributed by atoms with van der Waals surface area (Å²) in [5, 5.41) is 0. The summed E-state index contributed by atoms with van der Waals surface area (Å²) < 4.78 is 0. The Bertz CT molecular complexity index is 269. The molecule has 0 aliphatic rings. The lowest BCUT2D eigenvalue weighted by Gasteiger charge is -2.21. The van der Waals surface area contributed by atoms with Gasteiger partial charge in [-0.3, -0.25) is 11.3 Å². The summed E-state index contributed by atoms with van der Waals surface area (Å²) >= 11 is 0. The topological polar surface area (TPSA) is 38.0 Å². The van der Waals surface area contributed by atoms with E-state index in [2.05, 4.69) is 44.4 Å². The minimum absolute atomic E-state index is 0.251. The van der Waals surface area contributed by atoms with Gasteiger partial charge in [-0.15, -0.1) is 0 Å². The standard InChI is InChI=1S/C11H18N2/c1-8(2)11(13-12)10-7-5-4-6-9(10)3/h4-8,11,13H,12H2,1-3H3. The Morgan fingerprint density at radius 2 is 1.85 bits per heavy atom. The van der Waals surface area contributed by atoms with Crippen LogP contribution in [0.15, 0.2) is 24.3 Å². The highest BCUT2D eigenvalue weighted by Crippen LogP contribution is 2.23. The van der Waals surface area contributed by atoms with E-state index < -0.39 is 0 Å². The van der Waals surface area contributed by atoms with Crippen LogP contribution in [0.25, 0.3) is 0 Å². The van der Waals surface area contributed by atoms with E-state index in [9.17, 15) is 0 Å². The summed E-state index contributed by atoms with van der Waals surface area (Å²) in [6.45, 7) is 6.44. The predicted molar refractivity (Wildman–Crippen MR) is 56.1 cm³/mol. The summed E-state index contributed by atoms with van der Waals surface area (Å²) in [6.07, 6.45) is 0. The highest BCUT2D eigenvalue weighted by molar-refractivity contribution is 5.28. The van der Waals surface area contributed by atoms with E-state index in [-0.39, 0.29) is 6.04 Å². The van der Waals surface area contributed by atoms with Gasteiger partial charge in [0.2, 0.25) is 0 Å². The highest BCUT2D eigenvalue weighted by Gasteiger charge is 2.14. The van der Waals surface area contributed by atoms with E-state index in [1.54, 1.807) is 0 Å². The molecule has 0 amide bonds. The molecule has 1 unspecified atom stereocenters. The Morgan fingerprint density at radius 3 is 2.31 bits per heavy atom. The summed E-state index contributed by atoms with van der Waals surface area (Å²) in [5.41, 5.74) is 5.44. The number of aryl methyl sites for hydroxylation is 1. The number of nitrogens with one attached hydrogen (secondary N) is 1. The molecule has 2 nitrogen and oxygen atoms in total. The fourth-order valence-electron chi connectivity index (χ4n) is 1.58. The fraction of sp³-hybridized carbons (Fsp3) is 0.455. The average molecular weight is 178 g/mol. The van der Waals surface area contributed by atoms with Crippen molar-refractivity contribution in [2.75, 3.05) is 0 Å². The van der Waals surface area contributed by atoms with Crippen molar-refractivity contribution >= 4 is 0 Å². The smallest absolute Gasteiger partial charge is 0.0485 e. The minimum Gasteiger partial charge on any atom is -0.271 e. The van der Waals surface area contributed by atoms with Gasteiger partial charge in [-0.1, -0.05) is 38.1 Å². The Kier molecular flexibility index (Phi) is 3.46. The summed E-state index contributed by atoms with van der Waals surface area (Å²) in [7, 11) is 0. The van der Waals surface area contributed by atoms with Crippen molar-refractivity contribution in [3.05, 3.63) is 35.4 Å². The van der Waals surface area contributed by atoms with Crippen LogP contribution in [-0.2, 0) is 0 Å². The SMILES string of the molecule is Cc1ccccc1C(NN)C(C)C. The van der Waals surface area contributed by atoms with Crippen LogP contribution in [0.5, 0.6) is 0 Å². The van der Waals surface area contributed by atoms with Gasteiger partial charge in [0.1, 0.15) is 0 Å². The molecule has 1 aromatic carbocycles. The van der Waals surface area contributed by atoms with E-state index >= 15 is 0 Å². The first-order valence-electron chi connectivity index (χ1n) is 4.68. The molecule has 0 saturated heterocycles. The molecule has 72 valence electrons. The molecule has 3 N–H and O–H groups in total. The van der Waals surface area contributed by atoms with Crippen molar-refractivity contribution in [2.45, 2.75) is 26.8 Å². The summed E-state index contributed by atoms with van der Waals surface area (Å²) in [5.74, 6) is 6.03. The first-order chi connectivity index (χ1) is 6.16. The Balaban J connectivity index is 2.97. The second-order valence-corrected chi connectivity index (χ2v) is 3.74. The number of hydrazine groups is 1. The van der Waals surface area contributed by atoms with Gasteiger partial charge in [-0.25, -0.2) is 0 Å². The number of nitrogens with two attached hydrogens (primary N) is 1. The van der Waals surface area contributed by atoms with Crippen molar-refractivity contribution in [1.29, 1.82) is 0 Å². The van der Waals surface area contributed by atoms with Crippen molar-refractivity contribution in [3.63, 3.8) is 0 Å². The second-order valence-electron chi connectivity index (χ2n) is 3.74. The zero-order valence-electron chi connectivity index (χ0n) is 8.54. The normalized spacial score (nSPS) is 13.3. The predicted octanol–water partition coefficient (Wildman–Crippen LogP) is 2.16. The van der Waals surface area contributed by atoms with Crippen molar-refractivity contribution in [1.82, 2.24) is 5.43 Å². The quantitative estimate of drug-likeness (QED) is 0.550. The van der Waals surface area contributed by atoms with Crippen LogP contribution >= 0.6 is 0 Å².